The zero-order valence-corrected chi connectivity index (χ0v) is 30.3. The summed E-state index contributed by atoms with van der Waals surface area (Å²) >= 11 is 0. The number of hydrogen-bond acceptors (Lipinski definition) is 10. The van der Waals surface area contributed by atoms with Crippen LogP contribution in [0.4, 0.5) is 15.0 Å². The Morgan fingerprint density at radius 1 is 0.926 bits per heavy atom. The number of carbonyl (C=O) groups is 3. The number of rotatable bonds is 8. The Kier molecular flexibility index (Phi) is 10.5. The molecule has 3 amide bonds. The maximum Gasteiger partial charge on any atom is 0.410 e. The molecule has 1 aromatic carbocycles. The summed E-state index contributed by atoms with van der Waals surface area (Å²) in [5.74, 6) is -0.959. The SMILES string of the molecule is CC(C)n1cc(C(=O)Nc2ccc(Oc3ccnc4cnc(C(=O)NC5CCN(C(=O)OC(C)(C)C)CC5)cc34)cn2)c(=O)n(-c2ccc(F)cc2)c1=O. The number of hydrogen-bond donors (Lipinski definition) is 2. The number of likely N-dealkylation sites (tertiary alicyclic amines) is 1. The highest BCUT2D eigenvalue weighted by Gasteiger charge is 2.28. The van der Waals surface area contributed by atoms with E-state index < -0.39 is 34.6 Å². The van der Waals surface area contributed by atoms with Crippen LogP contribution in [0.25, 0.3) is 16.6 Å². The van der Waals surface area contributed by atoms with Crippen LogP contribution in [-0.4, -0.2) is 71.6 Å². The van der Waals surface area contributed by atoms with E-state index in [0.29, 0.717) is 48.3 Å². The van der Waals surface area contributed by atoms with Crippen LogP contribution in [0.3, 0.4) is 0 Å². The van der Waals surface area contributed by atoms with E-state index in [9.17, 15) is 28.4 Å². The van der Waals surface area contributed by atoms with Gasteiger partial charge in [0, 0.05) is 43.0 Å². The van der Waals surface area contributed by atoms with E-state index in [1.165, 1.54) is 47.6 Å². The molecule has 1 saturated heterocycles. The molecule has 0 saturated carbocycles. The minimum Gasteiger partial charge on any atom is -0.455 e. The Morgan fingerprint density at radius 2 is 1.65 bits per heavy atom. The highest BCUT2D eigenvalue weighted by atomic mass is 19.1. The quantitative estimate of drug-likeness (QED) is 0.214. The average molecular weight is 739 g/mol. The number of anilines is 1. The predicted molar refractivity (Wildman–Crippen MR) is 197 cm³/mol. The van der Waals surface area contributed by atoms with Crippen LogP contribution in [0, 0.1) is 5.82 Å². The van der Waals surface area contributed by atoms with Gasteiger partial charge in [0.05, 0.1) is 23.6 Å². The fraction of sp³-hybridized carbons (Fsp3) is 0.316. The van der Waals surface area contributed by atoms with Crippen molar-refractivity contribution in [2.24, 2.45) is 0 Å². The lowest BCUT2D eigenvalue weighted by atomic mass is 10.0. The second kappa shape index (κ2) is 15.3. The van der Waals surface area contributed by atoms with Gasteiger partial charge in [0.25, 0.3) is 17.4 Å². The third-order valence-corrected chi connectivity index (χ3v) is 8.51. The van der Waals surface area contributed by atoms with Crippen LogP contribution in [0.5, 0.6) is 11.5 Å². The van der Waals surface area contributed by atoms with Crippen molar-refractivity contribution in [2.75, 3.05) is 18.4 Å². The number of carbonyl (C=O) groups excluding carboxylic acids is 3. The molecular weight excluding hydrogens is 699 g/mol. The van der Waals surface area contributed by atoms with E-state index >= 15 is 0 Å². The largest absolute Gasteiger partial charge is 0.455 e. The van der Waals surface area contributed by atoms with Crippen LogP contribution in [0.2, 0.25) is 0 Å². The third-order valence-electron chi connectivity index (χ3n) is 8.51. The summed E-state index contributed by atoms with van der Waals surface area (Å²) < 4.78 is 27.2. The van der Waals surface area contributed by atoms with E-state index in [0.717, 1.165) is 16.7 Å². The Labute approximate surface area is 308 Å². The molecule has 15 nitrogen and oxygen atoms in total. The monoisotopic (exact) mass is 738 g/mol. The molecule has 0 bridgehead atoms. The molecule has 2 N–H and O–H groups in total. The Bertz CT molecular complexity index is 2330. The Hall–Kier alpha value is -6.45. The molecule has 280 valence electrons. The number of ether oxygens (including phenoxy) is 2. The molecule has 6 rings (SSSR count). The number of benzene rings is 1. The van der Waals surface area contributed by atoms with Gasteiger partial charge in [-0.25, -0.2) is 28.5 Å². The molecule has 1 fully saturated rings. The lowest BCUT2D eigenvalue weighted by Crippen LogP contribution is -2.47. The lowest BCUT2D eigenvalue weighted by molar-refractivity contribution is 0.0199. The van der Waals surface area contributed by atoms with E-state index in [2.05, 4.69) is 25.6 Å². The van der Waals surface area contributed by atoms with Crippen LogP contribution in [0.15, 0.2) is 82.9 Å². The second-order valence-corrected chi connectivity index (χ2v) is 14.0. The number of halogens is 1. The number of aromatic nitrogens is 5. The first-order chi connectivity index (χ1) is 25.7. The van der Waals surface area contributed by atoms with Crippen LogP contribution in [-0.2, 0) is 4.74 Å². The van der Waals surface area contributed by atoms with Crippen molar-refractivity contribution in [1.29, 1.82) is 0 Å². The van der Waals surface area contributed by atoms with Crippen molar-refractivity contribution in [3.05, 3.63) is 111 Å². The molecule has 0 radical (unpaired) electrons. The topological polar surface area (TPSA) is 180 Å². The number of fused-ring (bicyclic) bond motifs is 1. The van der Waals surface area contributed by atoms with Crippen LogP contribution in [0.1, 0.15) is 74.3 Å². The first kappa shape index (κ1) is 37.3. The maximum absolute atomic E-state index is 13.6. The van der Waals surface area contributed by atoms with Gasteiger partial charge in [-0.15, -0.1) is 0 Å². The molecule has 1 aliphatic heterocycles. The van der Waals surface area contributed by atoms with Gasteiger partial charge in [0.15, 0.2) is 0 Å². The zero-order valence-electron chi connectivity index (χ0n) is 30.3. The number of amides is 3. The summed E-state index contributed by atoms with van der Waals surface area (Å²) in [6.45, 7) is 9.80. The summed E-state index contributed by atoms with van der Waals surface area (Å²) in [7, 11) is 0. The number of pyridine rings is 3. The highest BCUT2D eigenvalue weighted by Crippen LogP contribution is 2.29. The van der Waals surface area contributed by atoms with E-state index in [1.54, 1.807) is 36.9 Å². The molecule has 16 heteroatoms. The smallest absolute Gasteiger partial charge is 0.410 e. The maximum atomic E-state index is 13.6. The van der Waals surface area contributed by atoms with Crippen LogP contribution < -0.4 is 26.6 Å². The van der Waals surface area contributed by atoms with Crippen molar-refractivity contribution in [3.8, 4) is 17.2 Å². The number of piperidine rings is 1. The van der Waals surface area contributed by atoms with Crippen molar-refractivity contribution < 1.29 is 28.2 Å². The van der Waals surface area contributed by atoms with Crippen molar-refractivity contribution in [1.82, 2.24) is 34.3 Å². The zero-order chi connectivity index (χ0) is 38.7. The lowest BCUT2D eigenvalue weighted by Gasteiger charge is -2.33. The van der Waals surface area contributed by atoms with E-state index in [4.69, 9.17) is 9.47 Å². The summed E-state index contributed by atoms with van der Waals surface area (Å²) in [4.78, 5) is 80.0. The molecule has 0 spiro atoms. The fourth-order valence-corrected chi connectivity index (χ4v) is 5.77. The molecule has 4 aromatic heterocycles. The predicted octanol–water partition coefficient (Wildman–Crippen LogP) is 5.23. The summed E-state index contributed by atoms with van der Waals surface area (Å²) in [5.41, 5.74) is -1.71. The van der Waals surface area contributed by atoms with Crippen molar-refractivity contribution in [3.63, 3.8) is 0 Å². The molecule has 0 aliphatic carbocycles. The highest BCUT2D eigenvalue weighted by molar-refractivity contribution is 6.03. The first-order valence-corrected chi connectivity index (χ1v) is 17.3. The summed E-state index contributed by atoms with van der Waals surface area (Å²) in [6.07, 6.45) is 6.33. The van der Waals surface area contributed by atoms with Crippen molar-refractivity contribution >= 4 is 34.6 Å². The summed E-state index contributed by atoms with van der Waals surface area (Å²) in [5, 5.41) is 6.10. The van der Waals surface area contributed by atoms with Gasteiger partial charge in [0.2, 0.25) is 0 Å². The van der Waals surface area contributed by atoms with E-state index in [-0.39, 0.29) is 40.8 Å². The molecule has 54 heavy (non-hydrogen) atoms. The van der Waals surface area contributed by atoms with Crippen molar-refractivity contribution in [2.45, 2.75) is 65.1 Å². The Balaban J connectivity index is 1.14. The van der Waals surface area contributed by atoms with E-state index in [1.807, 2.05) is 20.8 Å². The van der Waals surface area contributed by atoms with Gasteiger partial charge in [-0.1, -0.05) is 0 Å². The molecule has 0 unspecified atom stereocenters. The minimum atomic E-state index is -0.878. The second-order valence-electron chi connectivity index (χ2n) is 14.0. The summed E-state index contributed by atoms with van der Waals surface area (Å²) in [6, 6.07) is 10.5. The molecule has 0 atom stereocenters. The molecular formula is C38H39FN8O7. The normalized spacial score (nSPS) is 13.5. The van der Waals surface area contributed by atoms with Gasteiger partial charge in [-0.2, -0.15) is 0 Å². The Morgan fingerprint density at radius 3 is 2.30 bits per heavy atom. The molecule has 1 aliphatic rings. The number of nitrogens with zero attached hydrogens (tertiary/aromatic N) is 6. The van der Waals surface area contributed by atoms with Gasteiger partial charge in [0.1, 0.15) is 40.0 Å². The third kappa shape index (κ3) is 8.43. The molecule has 5 heterocycles. The fourth-order valence-electron chi connectivity index (χ4n) is 5.77. The first-order valence-electron chi connectivity index (χ1n) is 17.3. The van der Waals surface area contributed by atoms with Gasteiger partial charge >= 0.3 is 11.8 Å². The number of nitrogens with one attached hydrogen (secondary N) is 2. The van der Waals surface area contributed by atoms with Gasteiger partial charge in [-0.3, -0.25) is 23.9 Å². The van der Waals surface area contributed by atoms with Gasteiger partial charge in [-0.05, 0) is 96.0 Å². The molecule has 5 aromatic rings. The van der Waals surface area contributed by atoms with Gasteiger partial charge < -0.3 is 25.0 Å². The van der Waals surface area contributed by atoms with Crippen LogP contribution >= 0.6 is 0 Å². The average Bonchev–Trinajstić information content (AvgIpc) is 3.12. The standard InChI is InChI=1S/C38H39FN8O7/c1-22(2)46-21-28(35(50)47(36(46)51)25-8-6-23(39)7-9-25)33(48)44-32-11-10-26(19-42-32)53-31-12-15-40-30-20-41-29(18-27(30)31)34(49)43-24-13-16-45(17-14-24)37(52)54-38(3,4)5/h6-12,15,18-22,24H,13-14,16-17H2,1-5H3,(H,43,49)(H,42,44,48). The minimum absolute atomic E-state index is 0.0991.